The quantitative estimate of drug-likeness (QED) is 0.820. The van der Waals surface area contributed by atoms with Crippen molar-refractivity contribution >= 4 is 5.69 Å². The van der Waals surface area contributed by atoms with Crippen molar-refractivity contribution in [3.8, 4) is 0 Å². The lowest BCUT2D eigenvalue weighted by molar-refractivity contribution is 0.288. The lowest BCUT2D eigenvalue weighted by atomic mass is 9.85. The highest BCUT2D eigenvalue weighted by Crippen LogP contribution is 2.41. The minimum absolute atomic E-state index is 0.128. The second-order valence-corrected chi connectivity index (χ2v) is 5.86. The van der Waals surface area contributed by atoms with Gasteiger partial charge in [-0.3, -0.25) is 0 Å². The summed E-state index contributed by atoms with van der Waals surface area (Å²) >= 11 is 0. The van der Waals surface area contributed by atoms with Crippen LogP contribution in [-0.2, 0) is 0 Å². The van der Waals surface area contributed by atoms with Gasteiger partial charge >= 0.3 is 0 Å². The summed E-state index contributed by atoms with van der Waals surface area (Å²) in [7, 11) is 2.15. The highest BCUT2D eigenvalue weighted by atomic mass is 16.3. The average molecular weight is 259 g/mol. The third-order valence-electron chi connectivity index (χ3n) is 4.59. The van der Waals surface area contributed by atoms with Gasteiger partial charge in [-0.05, 0) is 48.3 Å². The van der Waals surface area contributed by atoms with Gasteiger partial charge in [-0.2, -0.15) is 0 Å². The summed E-state index contributed by atoms with van der Waals surface area (Å²) in [5, 5.41) is 9.34. The monoisotopic (exact) mass is 259 g/mol. The molecule has 1 aromatic rings. The minimum Gasteiger partial charge on any atom is -0.392 e. The van der Waals surface area contributed by atoms with Crippen molar-refractivity contribution in [2.45, 2.75) is 19.8 Å². The molecule has 0 spiro atoms. The lowest BCUT2D eigenvalue weighted by Gasteiger charge is -2.30. The van der Waals surface area contributed by atoms with E-state index in [2.05, 4.69) is 49.7 Å². The molecule has 2 heteroatoms. The molecule has 3 atom stereocenters. The molecule has 0 aliphatic heterocycles. The highest BCUT2D eigenvalue weighted by molar-refractivity contribution is 5.45. The number of hydrogen-bond donors (Lipinski definition) is 1. The molecule has 1 aliphatic rings. The highest BCUT2D eigenvalue weighted by Gasteiger charge is 2.35. The molecule has 1 aromatic carbocycles. The standard InChI is InChI=1S/C17H25NO/c1-13-9-10-16(14(2)12-19)17(13)11-18(3)15-7-5-4-6-8-15/h4-8,13,16-17,19H,2,9-12H2,1,3H3/t13-,16+,17+/m0/s1. The van der Waals surface area contributed by atoms with Crippen molar-refractivity contribution in [1.82, 2.24) is 0 Å². The predicted octanol–water partition coefficient (Wildman–Crippen LogP) is 3.33. The molecule has 2 nitrogen and oxygen atoms in total. The van der Waals surface area contributed by atoms with Crippen LogP contribution in [0.1, 0.15) is 19.8 Å². The van der Waals surface area contributed by atoms with Gasteiger partial charge in [0.25, 0.3) is 0 Å². The molecule has 19 heavy (non-hydrogen) atoms. The topological polar surface area (TPSA) is 23.5 Å². The van der Waals surface area contributed by atoms with Crippen LogP contribution in [0.3, 0.4) is 0 Å². The molecule has 0 aromatic heterocycles. The first-order valence-electron chi connectivity index (χ1n) is 7.18. The molecule has 1 N–H and O–H groups in total. The molecular formula is C17H25NO. The fourth-order valence-electron chi connectivity index (χ4n) is 3.30. The Kier molecular flexibility index (Phi) is 4.65. The van der Waals surface area contributed by atoms with E-state index in [1.54, 1.807) is 0 Å². The Bertz CT molecular complexity index is 415. The largest absolute Gasteiger partial charge is 0.392 e. The molecular weight excluding hydrogens is 234 g/mol. The van der Waals surface area contributed by atoms with Gasteiger partial charge in [0.2, 0.25) is 0 Å². The van der Waals surface area contributed by atoms with E-state index in [0.717, 1.165) is 12.1 Å². The van der Waals surface area contributed by atoms with Crippen molar-refractivity contribution < 1.29 is 5.11 Å². The van der Waals surface area contributed by atoms with Gasteiger partial charge in [-0.15, -0.1) is 0 Å². The molecule has 104 valence electrons. The van der Waals surface area contributed by atoms with E-state index in [9.17, 15) is 5.11 Å². The molecule has 0 radical (unpaired) electrons. The van der Waals surface area contributed by atoms with Crippen LogP contribution < -0.4 is 4.90 Å². The van der Waals surface area contributed by atoms with E-state index in [-0.39, 0.29) is 6.61 Å². The van der Waals surface area contributed by atoms with Crippen molar-refractivity contribution in [3.63, 3.8) is 0 Å². The Morgan fingerprint density at radius 1 is 1.32 bits per heavy atom. The van der Waals surface area contributed by atoms with E-state index in [4.69, 9.17) is 0 Å². The van der Waals surface area contributed by atoms with Crippen molar-refractivity contribution in [2.24, 2.45) is 17.8 Å². The number of anilines is 1. The molecule has 1 aliphatic carbocycles. The molecule has 1 fully saturated rings. The average Bonchev–Trinajstić information content (AvgIpc) is 2.80. The summed E-state index contributed by atoms with van der Waals surface area (Å²) in [6, 6.07) is 10.5. The first-order chi connectivity index (χ1) is 9.13. The SMILES string of the molecule is C=C(CO)[C@H]1CC[C@H](C)[C@H]1CN(C)c1ccccc1. The van der Waals surface area contributed by atoms with Crippen LogP contribution in [0.15, 0.2) is 42.5 Å². The summed E-state index contributed by atoms with van der Waals surface area (Å²) < 4.78 is 0. The maximum absolute atomic E-state index is 9.34. The van der Waals surface area contributed by atoms with Crippen LogP contribution in [0.2, 0.25) is 0 Å². The molecule has 0 heterocycles. The normalized spacial score (nSPS) is 26.4. The van der Waals surface area contributed by atoms with Crippen LogP contribution in [-0.4, -0.2) is 25.3 Å². The van der Waals surface area contributed by atoms with Gasteiger partial charge in [0.05, 0.1) is 6.61 Å². The maximum atomic E-state index is 9.34. The Morgan fingerprint density at radius 3 is 2.63 bits per heavy atom. The zero-order chi connectivity index (χ0) is 13.8. The fourth-order valence-corrected chi connectivity index (χ4v) is 3.30. The van der Waals surface area contributed by atoms with Crippen LogP contribution in [0.25, 0.3) is 0 Å². The number of benzene rings is 1. The number of rotatable bonds is 5. The number of aliphatic hydroxyl groups excluding tert-OH is 1. The summed E-state index contributed by atoms with van der Waals surface area (Å²) in [5.41, 5.74) is 2.27. The second-order valence-electron chi connectivity index (χ2n) is 5.86. The number of hydrogen-bond acceptors (Lipinski definition) is 2. The molecule has 0 unspecified atom stereocenters. The van der Waals surface area contributed by atoms with Gasteiger partial charge in [-0.1, -0.05) is 31.7 Å². The predicted molar refractivity (Wildman–Crippen MR) is 81.3 cm³/mol. The molecule has 2 rings (SSSR count). The van der Waals surface area contributed by atoms with Crippen LogP contribution >= 0.6 is 0 Å². The summed E-state index contributed by atoms with van der Waals surface area (Å²) in [6.45, 7) is 7.54. The smallest absolute Gasteiger partial charge is 0.0641 e. The van der Waals surface area contributed by atoms with E-state index in [1.807, 2.05) is 6.07 Å². The van der Waals surface area contributed by atoms with Crippen molar-refractivity contribution in [1.29, 1.82) is 0 Å². The Hall–Kier alpha value is -1.28. The zero-order valence-electron chi connectivity index (χ0n) is 12.0. The maximum Gasteiger partial charge on any atom is 0.0641 e. The van der Waals surface area contributed by atoms with Crippen molar-refractivity contribution in [2.75, 3.05) is 25.1 Å². The fraction of sp³-hybridized carbons (Fsp3) is 0.529. The van der Waals surface area contributed by atoms with E-state index >= 15 is 0 Å². The number of aliphatic hydroxyl groups is 1. The van der Waals surface area contributed by atoms with E-state index < -0.39 is 0 Å². The van der Waals surface area contributed by atoms with Crippen LogP contribution in [0.5, 0.6) is 0 Å². The minimum atomic E-state index is 0.128. The molecule has 1 saturated carbocycles. The Morgan fingerprint density at radius 2 is 2.00 bits per heavy atom. The Balaban J connectivity index is 2.05. The number of para-hydroxylation sites is 1. The first kappa shape index (κ1) is 14.1. The number of nitrogens with zero attached hydrogens (tertiary/aromatic N) is 1. The van der Waals surface area contributed by atoms with E-state index in [1.165, 1.54) is 18.5 Å². The Labute approximate surface area is 116 Å². The van der Waals surface area contributed by atoms with Gasteiger partial charge < -0.3 is 10.0 Å². The summed E-state index contributed by atoms with van der Waals surface area (Å²) in [5.74, 6) is 1.79. The first-order valence-corrected chi connectivity index (χ1v) is 7.18. The lowest BCUT2D eigenvalue weighted by Crippen LogP contribution is -2.31. The van der Waals surface area contributed by atoms with Crippen molar-refractivity contribution in [3.05, 3.63) is 42.5 Å². The van der Waals surface area contributed by atoms with Gasteiger partial charge in [0, 0.05) is 19.3 Å². The summed E-state index contributed by atoms with van der Waals surface area (Å²) in [6.07, 6.45) is 2.42. The third kappa shape index (κ3) is 3.19. The summed E-state index contributed by atoms with van der Waals surface area (Å²) in [4.78, 5) is 2.32. The molecule has 0 bridgehead atoms. The third-order valence-corrected chi connectivity index (χ3v) is 4.59. The van der Waals surface area contributed by atoms with Crippen LogP contribution in [0.4, 0.5) is 5.69 Å². The van der Waals surface area contributed by atoms with Crippen LogP contribution in [0, 0.1) is 17.8 Å². The second kappa shape index (κ2) is 6.25. The zero-order valence-corrected chi connectivity index (χ0v) is 12.0. The van der Waals surface area contributed by atoms with Gasteiger partial charge in [-0.25, -0.2) is 0 Å². The molecule has 0 saturated heterocycles. The molecule has 0 amide bonds. The van der Waals surface area contributed by atoms with E-state index in [0.29, 0.717) is 17.8 Å². The van der Waals surface area contributed by atoms with Gasteiger partial charge in [0.1, 0.15) is 0 Å². The van der Waals surface area contributed by atoms with Gasteiger partial charge in [0.15, 0.2) is 0 Å².